The molecule has 1 rings (SSSR count). The zero-order valence-corrected chi connectivity index (χ0v) is 8.73. The van der Waals surface area contributed by atoms with E-state index in [2.05, 4.69) is 0 Å². The lowest BCUT2D eigenvalue weighted by molar-refractivity contribution is -0.165. The Hall–Kier alpha value is -1.39. The number of carbonyl (C=O) groups excluding carboxylic acids is 1. The Balaban J connectivity index is 3.07. The molecule has 1 aromatic rings. The monoisotopic (exact) mass is 234 g/mol. The van der Waals surface area contributed by atoms with Crippen molar-refractivity contribution in [2.75, 3.05) is 0 Å². The third-order valence-electron chi connectivity index (χ3n) is 2.15. The molecule has 0 amide bonds. The standard InChI is InChI=1S/C11H10F4O/c1-7-3-5-8(6-4-7)9(16)11(14,15)10(2,12)13/h3-6H,1-2H3. The number of alkyl halides is 4. The fraction of sp³-hybridized carbons (Fsp3) is 0.364. The van der Waals surface area contributed by atoms with E-state index in [1.165, 1.54) is 12.1 Å². The normalized spacial score (nSPS) is 12.6. The molecular weight excluding hydrogens is 224 g/mol. The van der Waals surface area contributed by atoms with E-state index in [1.807, 2.05) is 0 Å². The predicted octanol–water partition coefficient (Wildman–Crippen LogP) is 3.47. The Morgan fingerprint density at radius 1 is 1.06 bits per heavy atom. The number of Topliss-reactive ketones (excluding diaryl/α,β-unsaturated/α-hetero) is 1. The van der Waals surface area contributed by atoms with E-state index in [9.17, 15) is 22.4 Å². The lowest BCUT2D eigenvalue weighted by Gasteiger charge is -2.21. The average molecular weight is 234 g/mol. The largest absolute Gasteiger partial charge is 0.371 e. The van der Waals surface area contributed by atoms with Crippen LogP contribution < -0.4 is 0 Å². The molecule has 0 fully saturated rings. The Bertz CT molecular complexity index is 389. The van der Waals surface area contributed by atoms with Crippen LogP contribution in [0.4, 0.5) is 17.6 Å². The van der Waals surface area contributed by atoms with Crippen LogP contribution in [0.15, 0.2) is 24.3 Å². The van der Waals surface area contributed by atoms with Gasteiger partial charge in [-0.2, -0.15) is 17.6 Å². The molecule has 0 N–H and O–H groups in total. The fourth-order valence-corrected chi connectivity index (χ4v) is 1.09. The maximum absolute atomic E-state index is 13.0. The van der Waals surface area contributed by atoms with Crippen molar-refractivity contribution < 1.29 is 22.4 Å². The second-order valence-corrected chi connectivity index (χ2v) is 3.66. The van der Waals surface area contributed by atoms with Crippen LogP contribution in [0.3, 0.4) is 0 Å². The molecule has 0 saturated carbocycles. The summed E-state index contributed by atoms with van der Waals surface area (Å²) in [7, 11) is 0. The van der Waals surface area contributed by atoms with Crippen LogP contribution in [0.25, 0.3) is 0 Å². The number of ketones is 1. The summed E-state index contributed by atoms with van der Waals surface area (Å²) < 4.78 is 51.1. The van der Waals surface area contributed by atoms with Crippen molar-refractivity contribution >= 4 is 5.78 Å². The smallest absolute Gasteiger partial charge is 0.287 e. The van der Waals surface area contributed by atoms with Crippen molar-refractivity contribution in [2.24, 2.45) is 0 Å². The number of halogens is 4. The maximum atomic E-state index is 13.0. The quantitative estimate of drug-likeness (QED) is 0.578. The molecule has 0 spiro atoms. The van der Waals surface area contributed by atoms with E-state index in [0.717, 1.165) is 17.7 Å². The molecule has 0 radical (unpaired) electrons. The van der Waals surface area contributed by atoms with Crippen molar-refractivity contribution in [1.82, 2.24) is 0 Å². The summed E-state index contributed by atoms with van der Waals surface area (Å²) in [5.41, 5.74) is 0.334. The minimum Gasteiger partial charge on any atom is -0.287 e. The SMILES string of the molecule is Cc1ccc(C(=O)C(F)(F)C(C)(F)F)cc1. The molecular formula is C11H10F4O. The van der Waals surface area contributed by atoms with Gasteiger partial charge in [-0.05, 0) is 6.92 Å². The topological polar surface area (TPSA) is 17.1 Å². The number of hydrogen-bond acceptors (Lipinski definition) is 1. The first-order valence-corrected chi connectivity index (χ1v) is 4.53. The second kappa shape index (κ2) is 3.88. The van der Waals surface area contributed by atoms with Crippen molar-refractivity contribution in [2.45, 2.75) is 25.7 Å². The molecule has 0 saturated heterocycles. The first-order chi connectivity index (χ1) is 7.16. The van der Waals surface area contributed by atoms with Gasteiger partial charge in [0.15, 0.2) is 0 Å². The minimum absolute atomic E-state index is 0.0269. The number of benzene rings is 1. The van der Waals surface area contributed by atoms with E-state index in [1.54, 1.807) is 6.92 Å². The molecule has 0 atom stereocenters. The Morgan fingerprint density at radius 2 is 1.50 bits per heavy atom. The van der Waals surface area contributed by atoms with Crippen molar-refractivity contribution in [3.8, 4) is 0 Å². The van der Waals surface area contributed by atoms with Crippen LogP contribution >= 0.6 is 0 Å². The van der Waals surface area contributed by atoms with Gasteiger partial charge in [0, 0.05) is 12.5 Å². The summed E-state index contributed by atoms with van der Waals surface area (Å²) in [6, 6.07) is 5.04. The number of carbonyl (C=O) groups is 1. The van der Waals surface area contributed by atoms with Crippen LogP contribution in [0, 0.1) is 6.92 Å². The summed E-state index contributed by atoms with van der Waals surface area (Å²) in [6.45, 7) is 1.72. The van der Waals surface area contributed by atoms with Crippen molar-refractivity contribution in [3.63, 3.8) is 0 Å². The van der Waals surface area contributed by atoms with Gasteiger partial charge >= 0.3 is 11.8 Å². The maximum Gasteiger partial charge on any atom is 0.371 e. The fourth-order valence-electron chi connectivity index (χ4n) is 1.09. The molecule has 0 heterocycles. The van der Waals surface area contributed by atoms with Gasteiger partial charge < -0.3 is 0 Å². The van der Waals surface area contributed by atoms with Gasteiger partial charge in [-0.3, -0.25) is 4.79 Å². The van der Waals surface area contributed by atoms with E-state index in [4.69, 9.17) is 0 Å². The minimum atomic E-state index is -4.68. The van der Waals surface area contributed by atoms with E-state index in [0.29, 0.717) is 0 Å². The van der Waals surface area contributed by atoms with Gasteiger partial charge in [0.05, 0.1) is 0 Å². The highest BCUT2D eigenvalue weighted by molar-refractivity contribution is 6.02. The second-order valence-electron chi connectivity index (χ2n) is 3.66. The zero-order chi connectivity index (χ0) is 12.6. The van der Waals surface area contributed by atoms with Crippen LogP contribution in [0.1, 0.15) is 22.8 Å². The van der Waals surface area contributed by atoms with Crippen LogP contribution in [0.2, 0.25) is 0 Å². The first-order valence-electron chi connectivity index (χ1n) is 4.53. The highest BCUT2D eigenvalue weighted by Crippen LogP contribution is 2.36. The van der Waals surface area contributed by atoms with Gasteiger partial charge in [0.25, 0.3) is 0 Å². The summed E-state index contributed by atoms with van der Waals surface area (Å²) in [4.78, 5) is 11.2. The Morgan fingerprint density at radius 3 is 1.88 bits per heavy atom. The van der Waals surface area contributed by atoms with Gasteiger partial charge in [-0.25, -0.2) is 0 Å². The summed E-state index contributed by atoms with van der Waals surface area (Å²) in [5, 5.41) is 0. The molecule has 0 aliphatic carbocycles. The molecule has 0 unspecified atom stereocenters. The molecule has 0 aliphatic rings. The number of aryl methyl sites for hydroxylation is 1. The van der Waals surface area contributed by atoms with Gasteiger partial charge in [-0.1, -0.05) is 29.8 Å². The van der Waals surface area contributed by atoms with Gasteiger partial charge in [-0.15, -0.1) is 0 Å². The molecule has 0 aromatic heterocycles. The van der Waals surface area contributed by atoms with Crippen LogP contribution in [0.5, 0.6) is 0 Å². The van der Waals surface area contributed by atoms with Crippen LogP contribution in [-0.2, 0) is 0 Å². The predicted molar refractivity (Wildman–Crippen MR) is 51.1 cm³/mol. The number of rotatable bonds is 3. The molecule has 16 heavy (non-hydrogen) atoms. The summed E-state index contributed by atoms with van der Waals surface area (Å²) in [6.07, 6.45) is 0. The van der Waals surface area contributed by atoms with Crippen LogP contribution in [-0.4, -0.2) is 17.6 Å². The molecule has 1 aromatic carbocycles. The van der Waals surface area contributed by atoms with E-state index < -0.39 is 23.2 Å². The Kier molecular flexibility index (Phi) is 3.08. The molecule has 5 heteroatoms. The first kappa shape index (κ1) is 12.7. The molecule has 1 nitrogen and oxygen atoms in total. The molecule has 88 valence electrons. The highest BCUT2D eigenvalue weighted by atomic mass is 19.3. The third-order valence-corrected chi connectivity index (χ3v) is 2.15. The van der Waals surface area contributed by atoms with Crippen molar-refractivity contribution in [3.05, 3.63) is 35.4 Å². The average Bonchev–Trinajstić information content (AvgIpc) is 2.16. The highest BCUT2D eigenvalue weighted by Gasteiger charge is 2.58. The van der Waals surface area contributed by atoms with Gasteiger partial charge in [0.2, 0.25) is 5.78 Å². The van der Waals surface area contributed by atoms with Gasteiger partial charge in [0.1, 0.15) is 0 Å². The Labute approximate surface area is 90.1 Å². The third kappa shape index (κ3) is 2.23. The molecule has 0 aliphatic heterocycles. The van der Waals surface area contributed by atoms with E-state index in [-0.39, 0.29) is 6.92 Å². The lowest BCUT2D eigenvalue weighted by atomic mass is 10.0. The lowest BCUT2D eigenvalue weighted by Crippen LogP contribution is -2.44. The van der Waals surface area contributed by atoms with E-state index >= 15 is 0 Å². The molecule has 0 bridgehead atoms. The summed E-state index contributed by atoms with van der Waals surface area (Å²) >= 11 is 0. The summed E-state index contributed by atoms with van der Waals surface area (Å²) in [5.74, 6) is -10.9. The number of hydrogen-bond donors (Lipinski definition) is 0. The zero-order valence-electron chi connectivity index (χ0n) is 8.73. The van der Waals surface area contributed by atoms with Crippen molar-refractivity contribution in [1.29, 1.82) is 0 Å².